The van der Waals surface area contributed by atoms with E-state index in [2.05, 4.69) is 30.7 Å². The third-order valence-corrected chi connectivity index (χ3v) is 14.2. The molecule has 0 aromatic carbocycles. The van der Waals surface area contributed by atoms with Gasteiger partial charge in [-0.05, 0) is 128 Å². The lowest BCUT2D eigenvalue weighted by molar-refractivity contribution is -0.194. The van der Waals surface area contributed by atoms with Gasteiger partial charge in [0.05, 0.1) is 18.8 Å². The van der Waals surface area contributed by atoms with Crippen molar-refractivity contribution in [1.29, 1.82) is 0 Å². The fraction of sp³-hybridized carbons (Fsp3) is 0.895. The van der Waals surface area contributed by atoms with Crippen LogP contribution in [0.15, 0.2) is 11.1 Å². The van der Waals surface area contributed by atoms with Crippen molar-refractivity contribution < 1.29 is 19.7 Å². The Kier molecular flexibility index (Phi) is 8.38. The molecule has 5 heteroatoms. The minimum Gasteiger partial charge on any atom is -0.389 e. The van der Waals surface area contributed by atoms with Crippen molar-refractivity contribution in [2.24, 2.45) is 29.1 Å². The highest BCUT2D eigenvalue weighted by Gasteiger charge is 2.63. The number of ether oxygens (including phenoxy) is 2. The summed E-state index contributed by atoms with van der Waals surface area (Å²) in [6.07, 6.45) is 21.3. The maximum absolute atomic E-state index is 12.2. The van der Waals surface area contributed by atoms with Crippen molar-refractivity contribution in [2.75, 3.05) is 20.3 Å². The monoisotopic (exact) mass is 593 g/mol. The summed E-state index contributed by atoms with van der Waals surface area (Å²) in [6.45, 7) is 5.59. The normalized spacial score (nSPS) is 46.8. The van der Waals surface area contributed by atoms with Crippen LogP contribution in [0, 0.1) is 40.9 Å². The summed E-state index contributed by atoms with van der Waals surface area (Å²) in [4.78, 5) is 2.77. The third kappa shape index (κ3) is 5.38. The molecule has 7 aliphatic rings. The van der Waals surface area contributed by atoms with E-state index in [4.69, 9.17) is 9.47 Å². The molecule has 5 nitrogen and oxygen atoms in total. The zero-order chi connectivity index (χ0) is 29.9. The molecule has 0 radical (unpaired) electrons. The second-order valence-electron chi connectivity index (χ2n) is 16.4. The molecule has 7 rings (SSSR count). The van der Waals surface area contributed by atoms with Crippen molar-refractivity contribution in [3.05, 3.63) is 11.1 Å². The van der Waals surface area contributed by atoms with Crippen LogP contribution in [0.2, 0.25) is 0 Å². The molecule has 1 saturated heterocycles. The maximum atomic E-state index is 12.2. The van der Waals surface area contributed by atoms with Crippen LogP contribution in [0.5, 0.6) is 0 Å². The summed E-state index contributed by atoms with van der Waals surface area (Å²) in [6, 6.07) is 1.49. The summed E-state index contributed by atoms with van der Waals surface area (Å²) in [5.74, 6) is 8.00. The topological polar surface area (TPSA) is 62.2 Å². The molecule has 0 amide bonds. The first-order chi connectivity index (χ1) is 20.7. The second-order valence-corrected chi connectivity index (χ2v) is 16.4. The Hall–Kier alpha value is -0.900. The van der Waals surface area contributed by atoms with E-state index in [1.807, 2.05) is 6.92 Å². The Labute approximate surface area is 261 Å². The summed E-state index contributed by atoms with van der Waals surface area (Å²) in [7, 11) is 2.42. The Morgan fingerprint density at radius 3 is 2.26 bits per heavy atom. The van der Waals surface area contributed by atoms with Crippen LogP contribution in [0.3, 0.4) is 0 Å². The SMILES string of the molecule is CC#CC1(O)CCC2C3CCC[C@]4(O)C/C(=C\3C(C3CCC(N(C)C5CCCCC5)CC3)CC21C)CCC1(C4)OCCO1. The predicted molar refractivity (Wildman–Crippen MR) is 170 cm³/mol. The van der Waals surface area contributed by atoms with Crippen LogP contribution in [0.25, 0.3) is 0 Å². The molecule has 2 N–H and O–H groups in total. The van der Waals surface area contributed by atoms with Crippen LogP contribution < -0.4 is 0 Å². The fourth-order valence-corrected chi connectivity index (χ4v) is 12.0. The smallest absolute Gasteiger partial charge is 0.171 e. The van der Waals surface area contributed by atoms with Gasteiger partial charge in [0.15, 0.2) is 5.79 Å². The van der Waals surface area contributed by atoms with Crippen molar-refractivity contribution in [3.8, 4) is 11.8 Å². The first-order valence-electron chi connectivity index (χ1n) is 18.3. The molecule has 1 aliphatic heterocycles. The van der Waals surface area contributed by atoms with Gasteiger partial charge < -0.3 is 24.6 Å². The van der Waals surface area contributed by atoms with Gasteiger partial charge in [-0.1, -0.05) is 43.3 Å². The molecule has 5 saturated carbocycles. The van der Waals surface area contributed by atoms with Gasteiger partial charge in [-0.25, -0.2) is 0 Å². The van der Waals surface area contributed by atoms with Crippen LogP contribution in [-0.4, -0.2) is 64.4 Å². The van der Waals surface area contributed by atoms with Gasteiger partial charge in [0, 0.05) is 30.3 Å². The van der Waals surface area contributed by atoms with Crippen LogP contribution >= 0.6 is 0 Å². The summed E-state index contributed by atoms with van der Waals surface area (Å²) < 4.78 is 12.5. The van der Waals surface area contributed by atoms with Crippen molar-refractivity contribution >= 4 is 0 Å². The van der Waals surface area contributed by atoms with Crippen LogP contribution in [-0.2, 0) is 9.47 Å². The lowest BCUT2D eigenvalue weighted by Crippen LogP contribution is -2.53. The van der Waals surface area contributed by atoms with Crippen molar-refractivity contribution in [3.63, 3.8) is 0 Å². The first-order valence-corrected chi connectivity index (χ1v) is 18.3. The van der Waals surface area contributed by atoms with Crippen molar-refractivity contribution in [2.45, 2.75) is 165 Å². The molecule has 6 atom stereocenters. The molecule has 6 aliphatic carbocycles. The molecular formula is C38H59NO4. The molecule has 240 valence electrons. The van der Waals surface area contributed by atoms with Gasteiger partial charge in [-0.15, -0.1) is 5.92 Å². The second kappa shape index (κ2) is 11.7. The molecule has 43 heavy (non-hydrogen) atoms. The first kappa shape index (κ1) is 30.7. The van der Waals surface area contributed by atoms with Crippen LogP contribution in [0.4, 0.5) is 0 Å². The van der Waals surface area contributed by atoms with Gasteiger partial charge in [-0.3, -0.25) is 0 Å². The molecular weight excluding hydrogens is 534 g/mol. The minimum absolute atomic E-state index is 0.176. The molecule has 5 unspecified atom stereocenters. The number of rotatable bonds is 3. The number of aliphatic hydroxyl groups is 2. The Morgan fingerprint density at radius 1 is 0.814 bits per heavy atom. The lowest BCUT2D eigenvalue weighted by atomic mass is 9.50. The number of fused-ring (bicyclic) bond motifs is 5. The number of allylic oxidation sites excluding steroid dienone is 1. The molecule has 6 fully saturated rings. The molecule has 0 aromatic heterocycles. The summed E-state index contributed by atoms with van der Waals surface area (Å²) in [5, 5.41) is 24.3. The highest BCUT2D eigenvalue weighted by Crippen LogP contribution is 2.66. The third-order valence-electron chi connectivity index (χ3n) is 14.2. The zero-order valence-corrected chi connectivity index (χ0v) is 27.5. The van der Waals surface area contributed by atoms with Gasteiger partial charge in [0.25, 0.3) is 0 Å². The van der Waals surface area contributed by atoms with E-state index in [1.54, 1.807) is 5.57 Å². The van der Waals surface area contributed by atoms with E-state index in [1.165, 1.54) is 63.4 Å². The average Bonchev–Trinajstić information content (AvgIpc) is 3.51. The predicted octanol–water partition coefficient (Wildman–Crippen LogP) is 7.15. The number of hydrogen-bond donors (Lipinski definition) is 2. The van der Waals surface area contributed by atoms with Gasteiger partial charge >= 0.3 is 0 Å². The van der Waals surface area contributed by atoms with E-state index >= 15 is 0 Å². The minimum atomic E-state index is -0.887. The maximum Gasteiger partial charge on any atom is 0.171 e. The standard InChI is InChI=1S/C38H59NO4/c1-4-18-37(41)20-17-33-31-11-8-19-36(40)24-28(16-21-38(26-36)42-22-23-43-38)34(31)32(25-35(33,37)2)27-12-14-30(15-13-27)39(3)29-9-6-5-7-10-29/h27,29-33,40-41H,5-17,19-26H2,1-3H3/b34-28+/t27?,30?,31?,32?,33?,35?,36-,37?/m0/s1. The quantitative estimate of drug-likeness (QED) is 0.269. The summed E-state index contributed by atoms with van der Waals surface area (Å²) in [5.41, 5.74) is 1.44. The van der Waals surface area contributed by atoms with Crippen molar-refractivity contribution in [1.82, 2.24) is 4.90 Å². The van der Waals surface area contributed by atoms with Gasteiger partial charge in [-0.2, -0.15) is 0 Å². The van der Waals surface area contributed by atoms with E-state index in [0.29, 0.717) is 49.3 Å². The lowest BCUT2D eigenvalue weighted by Gasteiger charge is -2.55. The van der Waals surface area contributed by atoms with E-state index in [0.717, 1.165) is 63.8 Å². The van der Waals surface area contributed by atoms with Gasteiger partial charge in [0.2, 0.25) is 0 Å². The highest BCUT2D eigenvalue weighted by molar-refractivity contribution is 5.34. The van der Waals surface area contributed by atoms with Gasteiger partial charge in [0.1, 0.15) is 5.60 Å². The van der Waals surface area contributed by atoms with E-state index in [9.17, 15) is 10.2 Å². The summed E-state index contributed by atoms with van der Waals surface area (Å²) >= 11 is 0. The number of nitrogens with zero attached hydrogens (tertiary/aromatic N) is 1. The highest BCUT2D eigenvalue weighted by atomic mass is 16.7. The Morgan fingerprint density at radius 2 is 1.53 bits per heavy atom. The molecule has 1 heterocycles. The largest absolute Gasteiger partial charge is 0.389 e. The molecule has 0 aromatic rings. The Bertz CT molecular complexity index is 1120. The van der Waals surface area contributed by atoms with E-state index < -0.39 is 17.0 Å². The van der Waals surface area contributed by atoms with E-state index in [-0.39, 0.29) is 5.41 Å². The zero-order valence-electron chi connectivity index (χ0n) is 27.5. The number of hydrogen-bond acceptors (Lipinski definition) is 5. The molecule has 1 spiro atoms. The average molecular weight is 594 g/mol. The van der Waals surface area contributed by atoms with Crippen LogP contribution in [0.1, 0.15) is 136 Å². The Balaban J connectivity index is 1.23. The molecule has 2 bridgehead atoms. The fourth-order valence-electron chi connectivity index (χ4n) is 12.0.